The number of fused-ring (bicyclic) bond motifs is 1. The number of hydrogen-bond donors (Lipinski definition) is 2. The van der Waals surface area contributed by atoms with Crippen molar-refractivity contribution in [3.05, 3.63) is 11.8 Å². The van der Waals surface area contributed by atoms with Gasteiger partial charge in [0.25, 0.3) is 0 Å². The maximum Gasteiger partial charge on any atom is 0.102 e. The molecule has 0 amide bonds. The number of unbranched alkanes of at least 4 members (excludes halogenated alkanes) is 4. The molecule has 17 heavy (non-hydrogen) atoms. The zero-order valence-electron chi connectivity index (χ0n) is 11.4. The van der Waals surface area contributed by atoms with Gasteiger partial charge in [-0.15, -0.1) is 0 Å². The van der Waals surface area contributed by atoms with Crippen LogP contribution in [-0.4, -0.2) is 23.8 Å². The standard InChI is InChI=1S/C14H27N3/c1-3-4-5-6-7-8-13-9-12-17-14(2,16-13)10-11-15-17/h9,15-16H,3-8,10-12H2,1-2H3. The van der Waals surface area contributed by atoms with Crippen molar-refractivity contribution in [2.45, 2.75) is 64.5 Å². The van der Waals surface area contributed by atoms with Gasteiger partial charge >= 0.3 is 0 Å². The molecule has 2 heterocycles. The summed E-state index contributed by atoms with van der Waals surface area (Å²) >= 11 is 0. The van der Waals surface area contributed by atoms with Crippen LogP contribution in [0.1, 0.15) is 58.8 Å². The molecule has 3 nitrogen and oxygen atoms in total. The predicted molar refractivity (Wildman–Crippen MR) is 72.3 cm³/mol. The minimum Gasteiger partial charge on any atom is -0.370 e. The second kappa shape index (κ2) is 5.87. The lowest BCUT2D eigenvalue weighted by Crippen LogP contribution is -2.57. The minimum absolute atomic E-state index is 0.160. The Kier molecular flexibility index (Phi) is 4.46. The highest BCUT2D eigenvalue weighted by Gasteiger charge is 2.38. The van der Waals surface area contributed by atoms with Crippen LogP contribution in [-0.2, 0) is 0 Å². The molecule has 0 aromatic rings. The molecule has 0 bridgehead atoms. The van der Waals surface area contributed by atoms with E-state index in [-0.39, 0.29) is 5.66 Å². The van der Waals surface area contributed by atoms with Gasteiger partial charge < -0.3 is 5.32 Å². The lowest BCUT2D eigenvalue weighted by molar-refractivity contribution is 0.0869. The summed E-state index contributed by atoms with van der Waals surface area (Å²) in [7, 11) is 0. The Morgan fingerprint density at radius 1 is 1.29 bits per heavy atom. The van der Waals surface area contributed by atoms with Crippen molar-refractivity contribution >= 4 is 0 Å². The fraction of sp³-hybridized carbons (Fsp3) is 0.857. The van der Waals surface area contributed by atoms with Crippen molar-refractivity contribution in [3.63, 3.8) is 0 Å². The lowest BCUT2D eigenvalue weighted by atomic mass is 10.0. The number of hydrogen-bond acceptors (Lipinski definition) is 3. The van der Waals surface area contributed by atoms with Gasteiger partial charge in [0.15, 0.2) is 0 Å². The average Bonchev–Trinajstić information content (AvgIpc) is 2.69. The van der Waals surface area contributed by atoms with Crippen LogP contribution in [0.4, 0.5) is 0 Å². The molecular formula is C14H27N3. The number of nitrogens with one attached hydrogen (secondary N) is 2. The zero-order valence-corrected chi connectivity index (χ0v) is 11.4. The van der Waals surface area contributed by atoms with E-state index < -0.39 is 0 Å². The van der Waals surface area contributed by atoms with E-state index in [1.54, 1.807) is 0 Å². The molecule has 2 aliphatic rings. The van der Waals surface area contributed by atoms with Crippen molar-refractivity contribution in [1.82, 2.24) is 15.8 Å². The summed E-state index contributed by atoms with van der Waals surface area (Å²) in [6.07, 6.45) is 11.6. The Morgan fingerprint density at radius 2 is 2.12 bits per heavy atom. The highest BCUT2D eigenvalue weighted by Crippen LogP contribution is 2.25. The van der Waals surface area contributed by atoms with Crippen molar-refractivity contribution in [2.75, 3.05) is 13.1 Å². The Labute approximate surface area is 106 Å². The van der Waals surface area contributed by atoms with Crippen molar-refractivity contribution in [3.8, 4) is 0 Å². The summed E-state index contributed by atoms with van der Waals surface area (Å²) in [6.45, 7) is 6.72. The number of allylic oxidation sites excluding steroid dienone is 1. The highest BCUT2D eigenvalue weighted by atomic mass is 15.6. The third kappa shape index (κ3) is 3.23. The molecular weight excluding hydrogens is 210 g/mol. The first-order valence-electron chi connectivity index (χ1n) is 7.23. The van der Waals surface area contributed by atoms with Gasteiger partial charge in [0.05, 0.1) is 0 Å². The van der Waals surface area contributed by atoms with Gasteiger partial charge in [-0.3, -0.25) is 5.43 Å². The molecule has 1 atom stereocenters. The predicted octanol–water partition coefficient (Wildman–Crippen LogP) is 2.76. The zero-order chi connectivity index (χ0) is 12.1. The number of hydrazine groups is 1. The fourth-order valence-electron chi connectivity index (χ4n) is 2.82. The Morgan fingerprint density at radius 3 is 2.94 bits per heavy atom. The topological polar surface area (TPSA) is 27.3 Å². The van der Waals surface area contributed by atoms with Crippen LogP contribution in [0.5, 0.6) is 0 Å². The van der Waals surface area contributed by atoms with Gasteiger partial charge in [0.2, 0.25) is 0 Å². The molecule has 2 N–H and O–H groups in total. The average molecular weight is 237 g/mol. The maximum absolute atomic E-state index is 3.71. The minimum atomic E-state index is 0.160. The van der Waals surface area contributed by atoms with Gasteiger partial charge in [0, 0.05) is 18.8 Å². The molecule has 0 radical (unpaired) electrons. The van der Waals surface area contributed by atoms with E-state index in [0.29, 0.717) is 0 Å². The molecule has 98 valence electrons. The molecule has 0 aliphatic carbocycles. The third-order valence-electron chi connectivity index (χ3n) is 4.01. The molecule has 0 saturated carbocycles. The van der Waals surface area contributed by atoms with E-state index in [1.165, 1.54) is 50.6 Å². The summed E-state index contributed by atoms with van der Waals surface area (Å²) in [5.41, 5.74) is 5.05. The van der Waals surface area contributed by atoms with Crippen LogP contribution in [0.15, 0.2) is 11.8 Å². The SMILES string of the molecule is CCCCCCCC1=CCN2NCCC2(C)N1. The van der Waals surface area contributed by atoms with Crippen molar-refractivity contribution < 1.29 is 0 Å². The second-order valence-corrected chi connectivity index (χ2v) is 5.56. The largest absolute Gasteiger partial charge is 0.370 e. The second-order valence-electron chi connectivity index (χ2n) is 5.56. The van der Waals surface area contributed by atoms with Crippen LogP contribution in [0, 0.1) is 0 Å². The Balaban J connectivity index is 1.72. The normalized spacial score (nSPS) is 28.7. The monoisotopic (exact) mass is 237 g/mol. The molecule has 2 aliphatic heterocycles. The van der Waals surface area contributed by atoms with E-state index in [0.717, 1.165) is 13.1 Å². The molecule has 0 spiro atoms. The maximum atomic E-state index is 3.71. The van der Waals surface area contributed by atoms with Gasteiger partial charge in [-0.1, -0.05) is 32.6 Å². The first kappa shape index (κ1) is 12.9. The molecule has 1 fully saturated rings. The molecule has 1 unspecified atom stereocenters. The lowest BCUT2D eigenvalue weighted by Gasteiger charge is -2.40. The number of nitrogens with zero attached hydrogens (tertiary/aromatic N) is 1. The van der Waals surface area contributed by atoms with E-state index in [1.807, 2.05) is 0 Å². The van der Waals surface area contributed by atoms with Crippen molar-refractivity contribution in [1.29, 1.82) is 0 Å². The summed E-state index contributed by atoms with van der Waals surface area (Å²) in [5, 5.41) is 6.03. The van der Waals surface area contributed by atoms with Crippen LogP contribution < -0.4 is 10.7 Å². The molecule has 2 rings (SSSR count). The van der Waals surface area contributed by atoms with Crippen LogP contribution in [0.25, 0.3) is 0 Å². The van der Waals surface area contributed by atoms with Gasteiger partial charge in [-0.25, -0.2) is 5.01 Å². The molecule has 3 heteroatoms. The Bertz CT molecular complexity index is 275. The Hall–Kier alpha value is -0.540. The molecule has 0 aromatic heterocycles. The quantitative estimate of drug-likeness (QED) is 0.696. The van der Waals surface area contributed by atoms with E-state index >= 15 is 0 Å². The summed E-state index contributed by atoms with van der Waals surface area (Å²) < 4.78 is 0. The number of rotatable bonds is 6. The summed E-state index contributed by atoms with van der Waals surface area (Å²) in [4.78, 5) is 0. The van der Waals surface area contributed by atoms with E-state index in [2.05, 4.69) is 35.7 Å². The first-order valence-corrected chi connectivity index (χ1v) is 7.23. The summed E-state index contributed by atoms with van der Waals surface area (Å²) in [5.74, 6) is 0. The summed E-state index contributed by atoms with van der Waals surface area (Å²) in [6, 6.07) is 0. The fourth-order valence-corrected chi connectivity index (χ4v) is 2.82. The molecule has 0 aromatic carbocycles. The first-order chi connectivity index (χ1) is 8.24. The van der Waals surface area contributed by atoms with E-state index in [9.17, 15) is 0 Å². The van der Waals surface area contributed by atoms with Gasteiger partial charge in [-0.05, 0) is 32.3 Å². The van der Waals surface area contributed by atoms with E-state index in [4.69, 9.17) is 0 Å². The van der Waals surface area contributed by atoms with Crippen molar-refractivity contribution in [2.24, 2.45) is 0 Å². The van der Waals surface area contributed by atoms with Crippen LogP contribution in [0.2, 0.25) is 0 Å². The van der Waals surface area contributed by atoms with Crippen LogP contribution >= 0.6 is 0 Å². The molecule has 1 saturated heterocycles. The smallest absolute Gasteiger partial charge is 0.102 e. The third-order valence-corrected chi connectivity index (χ3v) is 4.01. The van der Waals surface area contributed by atoms with Gasteiger partial charge in [-0.2, -0.15) is 0 Å². The highest BCUT2D eigenvalue weighted by molar-refractivity contribution is 5.11. The van der Waals surface area contributed by atoms with Gasteiger partial charge in [0.1, 0.15) is 5.66 Å². The van der Waals surface area contributed by atoms with Crippen LogP contribution in [0.3, 0.4) is 0 Å².